The molecule has 1 aliphatic rings. The molecule has 4 heteroatoms. The molecule has 4 nitrogen and oxygen atoms in total. The Hall–Kier alpha value is -3.27. The van der Waals surface area contributed by atoms with Gasteiger partial charge in [0.2, 0.25) is 0 Å². The van der Waals surface area contributed by atoms with Gasteiger partial charge in [-0.05, 0) is 40.6 Å². The lowest BCUT2D eigenvalue weighted by Gasteiger charge is -2.22. The minimum atomic E-state index is -0.358. The SMILES string of the molecule is CC1(C)C(/C=C/c2ccccc2[N+](=O)[O-])=Nc2ccc3ccccc3c21. The van der Waals surface area contributed by atoms with E-state index in [-0.39, 0.29) is 16.0 Å². The third-order valence-electron chi connectivity index (χ3n) is 4.97. The molecule has 26 heavy (non-hydrogen) atoms. The number of hydrogen-bond acceptors (Lipinski definition) is 3. The van der Waals surface area contributed by atoms with Gasteiger partial charge in [-0.3, -0.25) is 15.1 Å². The zero-order chi connectivity index (χ0) is 18.3. The first-order valence-electron chi connectivity index (χ1n) is 8.51. The Morgan fingerprint density at radius 1 is 0.962 bits per heavy atom. The van der Waals surface area contributed by atoms with Crippen LogP contribution in [0.2, 0.25) is 0 Å². The maximum atomic E-state index is 11.2. The van der Waals surface area contributed by atoms with E-state index in [0.717, 1.165) is 11.4 Å². The standard InChI is InChI=1S/C22H18N2O2/c1-22(2)20(14-12-16-8-4-6-10-19(16)24(25)26)23-18-13-11-15-7-3-5-9-17(15)21(18)22/h3-14H,1-2H3/b14-12+. The van der Waals surface area contributed by atoms with Gasteiger partial charge in [0.1, 0.15) is 0 Å². The number of nitro benzene ring substituents is 1. The zero-order valence-electron chi connectivity index (χ0n) is 14.6. The van der Waals surface area contributed by atoms with Crippen LogP contribution in [0, 0.1) is 10.1 Å². The number of para-hydroxylation sites is 1. The average Bonchev–Trinajstić information content (AvgIpc) is 2.90. The predicted octanol–water partition coefficient (Wildman–Crippen LogP) is 5.83. The van der Waals surface area contributed by atoms with Gasteiger partial charge < -0.3 is 0 Å². The van der Waals surface area contributed by atoms with Gasteiger partial charge in [0.15, 0.2) is 0 Å². The van der Waals surface area contributed by atoms with Crippen molar-refractivity contribution in [2.75, 3.05) is 0 Å². The molecule has 0 aliphatic carbocycles. The molecule has 4 rings (SSSR count). The molecule has 0 fully saturated rings. The number of nitro groups is 1. The molecule has 0 radical (unpaired) electrons. The summed E-state index contributed by atoms with van der Waals surface area (Å²) in [7, 11) is 0. The van der Waals surface area contributed by atoms with Gasteiger partial charge in [0.25, 0.3) is 5.69 Å². The molecule has 1 heterocycles. The maximum Gasteiger partial charge on any atom is 0.276 e. The van der Waals surface area contributed by atoms with E-state index in [9.17, 15) is 10.1 Å². The van der Waals surface area contributed by atoms with Gasteiger partial charge in [0, 0.05) is 11.5 Å². The second kappa shape index (κ2) is 5.92. The van der Waals surface area contributed by atoms with E-state index >= 15 is 0 Å². The van der Waals surface area contributed by atoms with Crippen molar-refractivity contribution in [3.8, 4) is 0 Å². The second-order valence-corrected chi connectivity index (χ2v) is 6.95. The molecule has 0 N–H and O–H groups in total. The van der Waals surface area contributed by atoms with E-state index in [2.05, 4.69) is 32.0 Å². The quantitative estimate of drug-likeness (QED) is 0.444. The first-order valence-corrected chi connectivity index (χ1v) is 8.51. The lowest BCUT2D eigenvalue weighted by molar-refractivity contribution is -0.385. The van der Waals surface area contributed by atoms with Gasteiger partial charge in [-0.2, -0.15) is 0 Å². The first kappa shape index (κ1) is 16.2. The Bertz CT molecular complexity index is 1090. The number of fused-ring (bicyclic) bond motifs is 3. The number of benzene rings is 3. The highest BCUT2D eigenvalue weighted by Crippen LogP contribution is 2.44. The van der Waals surface area contributed by atoms with Crippen LogP contribution in [0.4, 0.5) is 11.4 Å². The van der Waals surface area contributed by atoms with Crippen LogP contribution in [0.1, 0.15) is 25.0 Å². The molecule has 1 aliphatic heterocycles. The zero-order valence-corrected chi connectivity index (χ0v) is 14.6. The van der Waals surface area contributed by atoms with E-state index < -0.39 is 0 Å². The van der Waals surface area contributed by atoms with Crippen molar-refractivity contribution in [2.24, 2.45) is 4.99 Å². The van der Waals surface area contributed by atoms with Crippen molar-refractivity contribution in [1.82, 2.24) is 0 Å². The lowest BCUT2D eigenvalue weighted by atomic mass is 9.79. The Kier molecular flexibility index (Phi) is 3.69. The molecule has 0 amide bonds. The van der Waals surface area contributed by atoms with Crippen molar-refractivity contribution in [3.05, 3.63) is 88.0 Å². The van der Waals surface area contributed by atoms with Gasteiger partial charge >= 0.3 is 0 Å². The molecule has 0 atom stereocenters. The summed E-state index contributed by atoms with van der Waals surface area (Å²) in [6, 6.07) is 19.2. The van der Waals surface area contributed by atoms with Crippen LogP contribution < -0.4 is 0 Å². The van der Waals surface area contributed by atoms with Gasteiger partial charge in [-0.25, -0.2) is 0 Å². The highest BCUT2D eigenvalue weighted by molar-refractivity contribution is 6.13. The van der Waals surface area contributed by atoms with Gasteiger partial charge in [-0.1, -0.05) is 56.3 Å². The molecule has 0 saturated heterocycles. The summed E-state index contributed by atoms with van der Waals surface area (Å²) < 4.78 is 0. The maximum absolute atomic E-state index is 11.2. The van der Waals surface area contributed by atoms with Crippen molar-refractivity contribution in [3.63, 3.8) is 0 Å². The number of aliphatic imine (C=N–C) groups is 1. The number of hydrogen-bond donors (Lipinski definition) is 0. The molecule has 0 spiro atoms. The van der Waals surface area contributed by atoms with Crippen LogP contribution in [-0.4, -0.2) is 10.6 Å². The molecule has 0 bridgehead atoms. The fourth-order valence-corrected chi connectivity index (χ4v) is 3.62. The Morgan fingerprint density at radius 2 is 1.69 bits per heavy atom. The molecule has 3 aromatic carbocycles. The smallest absolute Gasteiger partial charge is 0.258 e. The molecule has 128 valence electrons. The summed E-state index contributed by atoms with van der Waals surface area (Å²) in [5, 5.41) is 13.6. The van der Waals surface area contributed by atoms with E-state index in [0.29, 0.717) is 5.56 Å². The minimum Gasteiger partial charge on any atom is -0.258 e. The summed E-state index contributed by atoms with van der Waals surface area (Å²) in [6.45, 7) is 4.29. The fraction of sp³-hybridized carbons (Fsp3) is 0.136. The normalized spacial score (nSPS) is 15.2. The molecule has 0 unspecified atom stereocenters. The summed E-state index contributed by atoms with van der Waals surface area (Å²) in [6.07, 6.45) is 3.68. The molecular weight excluding hydrogens is 324 g/mol. The summed E-state index contributed by atoms with van der Waals surface area (Å²) >= 11 is 0. The fourth-order valence-electron chi connectivity index (χ4n) is 3.62. The predicted molar refractivity (Wildman–Crippen MR) is 106 cm³/mol. The van der Waals surface area contributed by atoms with Gasteiger partial charge in [-0.15, -0.1) is 0 Å². The van der Waals surface area contributed by atoms with E-state index in [1.807, 2.05) is 24.3 Å². The molecule has 0 saturated carbocycles. The van der Waals surface area contributed by atoms with E-state index in [1.165, 1.54) is 22.4 Å². The molecular formula is C22H18N2O2. The number of allylic oxidation sites excluding steroid dienone is 1. The molecule has 0 aromatic heterocycles. The average molecular weight is 342 g/mol. The molecule has 3 aromatic rings. The van der Waals surface area contributed by atoms with Crippen molar-refractivity contribution >= 4 is 33.9 Å². The minimum absolute atomic E-state index is 0.100. The van der Waals surface area contributed by atoms with Crippen LogP contribution in [0.15, 0.2) is 71.7 Å². The highest BCUT2D eigenvalue weighted by Gasteiger charge is 2.35. The first-order chi connectivity index (χ1) is 12.5. The number of rotatable bonds is 3. The largest absolute Gasteiger partial charge is 0.276 e. The van der Waals surface area contributed by atoms with Crippen molar-refractivity contribution in [1.29, 1.82) is 0 Å². The van der Waals surface area contributed by atoms with Crippen molar-refractivity contribution < 1.29 is 4.92 Å². The lowest BCUT2D eigenvalue weighted by Crippen LogP contribution is -2.24. The summed E-state index contributed by atoms with van der Waals surface area (Å²) in [5.41, 5.74) is 3.49. The van der Waals surface area contributed by atoms with Crippen molar-refractivity contribution in [2.45, 2.75) is 19.3 Å². The van der Waals surface area contributed by atoms with Crippen LogP contribution in [0.5, 0.6) is 0 Å². The second-order valence-electron chi connectivity index (χ2n) is 6.95. The Balaban J connectivity index is 1.78. The van der Waals surface area contributed by atoms with E-state index in [4.69, 9.17) is 4.99 Å². The monoisotopic (exact) mass is 342 g/mol. The third kappa shape index (κ3) is 2.51. The van der Waals surface area contributed by atoms with Crippen LogP contribution in [0.3, 0.4) is 0 Å². The van der Waals surface area contributed by atoms with Crippen LogP contribution >= 0.6 is 0 Å². The Labute approximate surface area is 151 Å². The van der Waals surface area contributed by atoms with Gasteiger partial charge in [0.05, 0.1) is 21.9 Å². The Morgan fingerprint density at radius 3 is 2.50 bits per heavy atom. The third-order valence-corrected chi connectivity index (χ3v) is 4.97. The van der Waals surface area contributed by atoms with Crippen LogP contribution in [-0.2, 0) is 5.41 Å². The summed E-state index contributed by atoms with van der Waals surface area (Å²) in [5.74, 6) is 0. The highest BCUT2D eigenvalue weighted by atomic mass is 16.6. The van der Waals surface area contributed by atoms with E-state index in [1.54, 1.807) is 24.3 Å². The number of nitrogens with zero attached hydrogens (tertiary/aromatic N) is 2. The summed E-state index contributed by atoms with van der Waals surface area (Å²) in [4.78, 5) is 15.7. The van der Waals surface area contributed by atoms with Crippen LogP contribution in [0.25, 0.3) is 16.8 Å². The topological polar surface area (TPSA) is 55.5 Å².